The van der Waals surface area contributed by atoms with Crippen molar-refractivity contribution in [1.82, 2.24) is 9.97 Å². The average molecular weight is 235 g/mol. The normalized spacial score (nSPS) is 11.0. The van der Waals surface area contributed by atoms with Gasteiger partial charge in [0.15, 0.2) is 0 Å². The van der Waals surface area contributed by atoms with Gasteiger partial charge in [0.05, 0.1) is 5.71 Å². The zero-order chi connectivity index (χ0) is 12.8. The quantitative estimate of drug-likeness (QED) is 0.654. The Morgan fingerprint density at radius 1 is 0.944 bits per heavy atom. The smallest absolute Gasteiger partial charge is 0.0619 e. The maximum Gasteiger partial charge on any atom is 0.0619 e. The van der Waals surface area contributed by atoms with Crippen molar-refractivity contribution in [3.8, 4) is 0 Å². The highest BCUT2D eigenvalue weighted by atomic mass is 14.6. The lowest BCUT2D eigenvalue weighted by atomic mass is 10.0. The minimum absolute atomic E-state index is 0.434. The molecule has 3 nitrogen and oxygen atoms in total. The molecule has 18 heavy (non-hydrogen) atoms. The number of aromatic nitrogens is 2. The van der Waals surface area contributed by atoms with Crippen LogP contribution < -0.4 is 0 Å². The van der Waals surface area contributed by atoms with Gasteiger partial charge in [0.2, 0.25) is 0 Å². The fourth-order valence-corrected chi connectivity index (χ4v) is 1.57. The van der Waals surface area contributed by atoms with E-state index in [1.807, 2.05) is 24.3 Å². The van der Waals surface area contributed by atoms with Crippen molar-refractivity contribution in [2.24, 2.45) is 0 Å². The molecule has 0 aliphatic carbocycles. The SMILES string of the molecule is C=C/C(=C\C(=N)c1ccncc1)c1ccncc1. The van der Waals surface area contributed by atoms with Crippen molar-refractivity contribution in [3.05, 3.63) is 78.9 Å². The van der Waals surface area contributed by atoms with Crippen LogP contribution in [0.25, 0.3) is 5.57 Å². The fraction of sp³-hybridized carbons (Fsp3) is 0. The molecule has 0 fully saturated rings. The third kappa shape index (κ3) is 2.77. The first-order valence-electron chi connectivity index (χ1n) is 5.55. The number of allylic oxidation sites excluding steroid dienone is 3. The number of nitrogens with one attached hydrogen (secondary N) is 1. The van der Waals surface area contributed by atoms with Gasteiger partial charge in [0.25, 0.3) is 0 Å². The average Bonchev–Trinajstić information content (AvgIpc) is 2.46. The maximum absolute atomic E-state index is 8.05. The topological polar surface area (TPSA) is 49.6 Å². The van der Waals surface area contributed by atoms with Crippen molar-refractivity contribution in [3.63, 3.8) is 0 Å². The van der Waals surface area contributed by atoms with Crippen LogP contribution in [0.3, 0.4) is 0 Å². The second-order valence-electron chi connectivity index (χ2n) is 3.69. The van der Waals surface area contributed by atoms with Crippen molar-refractivity contribution < 1.29 is 0 Å². The molecule has 3 heteroatoms. The molecule has 88 valence electrons. The van der Waals surface area contributed by atoms with E-state index in [4.69, 9.17) is 5.41 Å². The number of hydrogen-bond donors (Lipinski definition) is 1. The van der Waals surface area contributed by atoms with Gasteiger partial charge in [-0.3, -0.25) is 9.97 Å². The number of nitrogens with zero attached hydrogens (tertiary/aromatic N) is 2. The van der Waals surface area contributed by atoms with Gasteiger partial charge in [-0.15, -0.1) is 0 Å². The standard InChI is InChI=1S/C15H13N3/c1-2-12(13-3-7-17-8-4-13)11-15(16)14-5-9-18-10-6-14/h2-11,16H,1H2/b12-11+,16-15?. The molecule has 0 atom stereocenters. The van der Waals surface area contributed by atoms with Crippen molar-refractivity contribution in [2.75, 3.05) is 0 Å². The molecule has 0 radical (unpaired) electrons. The summed E-state index contributed by atoms with van der Waals surface area (Å²) in [6.07, 6.45) is 10.3. The second kappa shape index (κ2) is 5.68. The molecule has 2 heterocycles. The van der Waals surface area contributed by atoms with Gasteiger partial charge >= 0.3 is 0 Å². The second-order valence-corrected chi connectivity index (χ2v) is 3.69. The van der Waals surface area contributed by atoms with E-state index in [0.717, 1.165) is 16.7 Å². The first-order valence-corrected chi connectivity index (χ1v) is 5.55. The predicted molar refractivity (Wildman–Crippen MR) is 73.5 cm³/mol. The minimum atomic E-state index is 0.434. The van der Waals surface area contributed by atoms with Crippen LogP contribution >= 0.6 is 0 Å². The molecule has 0 aliphatic heterocycles. The molecule has 1 N–H and O–H groups in total. The molecule has 2 aromatic rings. The molecule has 0 aromatic carbocycles. The molecule has 0 unspecified atom stereocenters. The molecule has 0 bridgehead atoms. The van der Waals surface area contributed by atoms with Crippen LogP contribution in [0.5, 0.6) is 0 Å². The fourth-order valence-electron chi connectivity index (χ4n) is 1.57. The van der Waals surface area contributed by atoms with Crippen LogP contribution in [0.15, 0.2) is 67.8 Å². The van der Waals surface area contributed by atoms with Crippen LogP contribution in [0.1, 0.15) is 11.1 Å². The Morgan fingerprint density at radius 2 is 1.44 bits per heavy atom. The molecule has 2 rings (SSSR count). The molecule has 0 aliphatic rings. The van der Waals surface area contributed by atoms with Gasteiger partial charge in [-0.1, -0.05) is 12.7 Å². The Bertz CT molecular complexity index is 571. The van der Waals surface area contributed by atoms with E-state index in [2.05, 4.69) is 16.5 Å². The first-order chi connectivity index (χ1) is 8.81. The summed E-state index contributed by atoms with van der Waals surface area (Å²) in [5, 5.41) is 8.05. The summed E-state index contributed by atoms with van der Waals surface area (Å²) in [5.41, 5.74) is 3.17. The van der Waals surface area contributed by atoms with Crippen LogP contribution in [0.4, 0.5) is 0 Å². The summed E-state index contributed by atoms with van der Waals surface area (Å²) in [5.74, 6) is 0. The summed E-state index contributed by atoms with van der Waals surface area (Å²) in [6.45, 7) is 3.79. The number of pyridine rings is 2. The highest BCUT2D eigenvalue weighted by Crippen LogP contribution is 2.15. The zero-order valence-corrected chi connectivity index (χ0v) is 9.88. The van der Waals surface area contributed by atoms with Gasteiger partial charge in [0.1, 0.15) is 0 Å². The summed E-state index contributed by atoms with van der Waals surface area (Å²) < 4.78 is 0. The van der Waals surface area contributed by atoms with Crippen molar-refractivity contribution >= 4 is 11.3 Å². The Labute approximate surface area is 106 Å². The van der Waals surface area contributed by atoms with E-state index in [0.29, 0.717) is 5.71 Å². The van der Waals surface area contributed by atoms with E-state index in [9.17, 15) is 0 Å². The van der Waals surface area contributed by atoms with E-state index < -0.39 is 0 Å². The lowest BCUT2D eigenvalue weighted by Gasteiger charge is -2.03. The van der Waals surface area contributed by atoms with Crippen LogP contribution in [-0.4, -0.2) is 15.7 Å². The molecule has 2 aromatic heterocycles. The number of hydrogen-bond acceptors (Lipinski definition) is 3. The third-order valence-electron chi connectivity index (χ3n) is 2.52. The Kier molecular flexibility index (Phi) is 3.76. The Hall–Kier alpha value is -2.55. The highest BCUT2D eigenvalue weighted by Gasteiger charge is 2.01. The lowest BCUT2D eigenvalue weighted by Crippen LogP contribution is -1.96. The molecule has 0 saturated heterocycles. The molecule has 0 spiro atoms. The van der Waals surface area contributed by atoms with Gasteiger partial charge < -0.3 is 5.41 Å². The van der Waals surface area contributed by atoms with E-state index >= 15 is 0 Å². The van der Waals surface area contributed by atoms with Crippen LogP contribution in [0.2, 0.25) is 0 Å². The van der Waals surface area contributed by atoms with Gasteiger partial charge in [-0.25, -0.2) is 0 Å². The van der Waals surface area contributed by atoms with Crippen LogP contribution in [0, 0.1) is 5.41 Å². The monoisotopic (exact) mass is 235 g/mol. The first kappa shape index (κ1) is 11.9. The predicted octanol–water partition coefficient (Wildman–Crippen LogP) is 3.11. The van der Waals surface area contributed by atoms with E-state index in [1.54, 1.807) is 36.9 Å². The Morgan fingerprint density at radius 3 is 1.94 bits per heavy atom. The summed E-state index contributed by atoms with van der Waals surface area (Å²) in [4.78, 5) is 7.92. The van der Waals surface area contributed by atoms with Gasteiger partial charge in [0, 0.05) is 30.4 Å². The molecule has 0 saturated carbocycles. The Balaban J connectivity index is 2.32. The third-order valence-corrected chi connectivity index (χ3v) is 2.52. The van der Waals surface area contributed by atoms with E-state index in [1.165, 1.54) is 0 Å². The van der Waals surface area contributed by atoms with Gasteiger partial charge in [-0.2, -0.15) is 0 Å². The van der Waals surface area contributed by atoms with E-state index in [-0.39, 0.29) is 0 Å². The van der Waals surface area contributed by atoms with Gasteiger partial charge in [-0.05, 0) is 41.5 Å². The van der Waals surface area contributed by atoms with Crippen molar-refractivity contribution in [1.29, 1.82) is 5.41 Å². The largest absolute Gasteiger partial charge is 0.300 e. The van der Waals surface area contributed by atoms with Crippen molar-refractivity contribution in [2.45, 2.75) is 0 Å². The summed E-state index contributed by atoms with van der Waals surface area (Å²) in [7, 11) is 0. The molecule has 0 amide bonds. The summed E-state index contributed by atoms with van der Waals surface area (Å²) in [6, 6.07) is 7.42. The minimum Gasteiger partial charge on any atom is -0.300 e. The maximum atomic E-state index is 8.05. The summed E-state index contributed by atoms with van der Waals surface area (Å²) >= 11 is 0. The highest BCUT2D eigenvalue weighted by molar-refractivity contribution is 6.11. The van der Waals surface area contributed by atoms with Crippen LogP contribution in [-0.2, 0) is 0 Å². The number of rotatable bonds is 4. The molecular formula is C15H13N3. The zero-order valence-electron chi connectivity index (χ0n) is 9.88. The molecular weight excluding hydrogens is 222 g/mol. The lowest BCUT2D eigenvalue weighted by molar-refractivity contribution is 1.31.